The third-order valence-electron chi connectivity index (χ3n) is 4.41. The van der Waals surface area contributed by atoms with Gasteiger partial charge in [-0.15, -0.1) is 0 Å². The van der Waals surface area contributed by atoms with Crippen LogP contribution >= 0.6 is 0 Å². The molecule has 0 unspecified atom stereocenters. The van der Waals surface area contributed by atoms with Crippen LogP contribution in [-0.4, -0.2) is 15.9 Å². The van der Waals surface area contributed by atoms with E-state index in [2.05, 4.69) is 15.7 Å². The molecule has 2 heterocycles. The molecule has 7 heteroatoms. The first-order valence-corrected chi connectivity index (χ1v) is 8.44. The average Bonchev–Trinajstić information content (AvgIpc) is 2.99. The summed E-state index contributed by atoms with van der Waals surface area (Å²) in [6.07, 6.45) is -0.688. The van der Waals surface area contributed by atoms with Crippen molar-refractivity contribution in [1.29, 1.82) is 5.26 Å². The van der Waals surface area contributed by atoms with Crippen LogP contribution < -0.4 is 15.4 Å². The van der Waals surface area contributed by atoms with Crippen LogP contribution in [0.5, 0.6) is 5.75 Å². The van der Waals surface area contributed by atoms with Gasteiger partial charge in [-0.25, -0.2) is 9.48 Å². The van der Waals surface area contributed by atoms with E-state index in [9.17, 15) is 10.1 Å². The number of nitriles is 1. The molecule has 2 aromatic carbocycles. The average molecular weight is 359 g/mol. The summed E-state index contributed by atoms with van der Waals surface area (Å²) in [5, 5.41) is 19.9. The zero-order valence-electron chi connectivity index (χ0n) is 14.9. The maximum absolute atomic E-state index is 12.3. The van der Waals surface area contributed by atoms with Crippen molar-refractivity contribution >= 4 is 17.6 Å². The minimum Gasteiger partial charge on any atom is -0.410 e. The molecule has 0 saturated heterocycles. The predicted octanol–water partition coefficient (Wildman–Crippen LogP) is 4.02. The van der Waals surface area contributed by atoms with Crippen molar-refractivity contribution in [3.05, 3.63) is 65.9 Å². The van der Waals surface area contributed by atoms with Crippen LogP contribution in [0, 0.1) is 11.3 Å². The molecule has 134 valence electrons. The van der Waals surface area contributed by atoms with Crippen LogP contribution in [-0.2, 0) is 5.54 Å². The number of anilines is 2. The van der Waals surface area contributed by atoms with Crippen LogP contribution in [0.3, 0.4) is 0 Å². The van der Waals surface area contributed by atoms with Gasteiger partial charge in [0, 0.05) is 5.56 Å². The smallest absolute Gasteiger partial charge is 0.410 e. The maximum atomic E-state index is 12.3. The van der Waals surface area contributed by atoms with Crippen molar-refractivity contribution in [2.24, 2.45) is 0 Å². The van der Waals surface area contributed by atoms with E-state index in [-0.39, 0.29) is 5.69 Å². The third kappa shape index (κ3) is 2.87. The van der Waals surface area contributed by atoms with Gasteiger partial charge >= 0.3 is 6.09 Å². The molecule has 27 heavy (non-hydrogen) atoms. The SMILES string of the molecule is CC1(C)Nc2c(NC(=O)Oc3ccccc3)c(C#N)nn2-c2ccccc21. The Morgan fingerprint density at radius 1 is 1.19 bits per heavy atom. The number of nitrogens with zero attached hydrogens (tertiary/aromatic N) is 3. The quantitative estimate of drug-likeness (QED) is 0.721. The summed E-state index contributed by atoms with van der Waals surface area (Å²) < 4.78 is 6.91. The van der Waals surface area contributed by atoms with Crippen LogP contribution in [0.1, 0.15) is 25.1 Å². The first kappa shape index (κ1) is 16.7. The Kier molecular flexibility index (Phi) is 3.81. The number of carbonyl (C=O) groups excluding carboxylic acids is 1. The highest BCUT2D eigenvalue weighted by molar-refractivity contribution is 5.93. The number of ether oxygens (including phenoxy) is 1. The lowest BCUT2D eigenvalue weighted by molar-refractivity contribution is 0.215. The number of fused-ring (bicyclic) bond motifs is 3. The lowest BCUT2D eigenvalue weighted by Gasteiger charge is -2.35. The molecular weight excluding hydrogens is 342 g/mol. The lowest BCUT2D eigenvalue weighted by Crippen LogP contribution is -2.35. The second-order valence-corrected chi connectivity index (χ2v) is 6.69. The molecule has 0 atom stereocenters. The van der Waals surface area contributed by atoms with Gasteiger partial charge < -0.3 is 10.1 Å². The normalized spacial score (nSPS) is 13.5. The van der Waals surface area contributed by atoms with Crippen LogP contribution in [0.25, 0.3) is 5.69 Å². The number of benzene rings is 2. The van der Waals surface area contributed by atoms with Gasteiger partial charge in [0.1, 0.15) is 17.5 Å². The van der Waals surface area contributed by atoms with E-state index in [0.29, 0.717) is 17.3 Å². The zero-order valence-corrected chi connectivity index (χ0v) is 14.9. The predicted molar refractivity (Wildman–Crippen MR) is 101 cm³/mol. The van der Waals surface area contributed by atoms with E-state index in [0.717, 1.165) is 11.3 Å². The maximum Gasteiger partial charge on any atom is 0.417 e. The molecule has 1 aromatic heterocycles. The lowest BCUT2D eigenvalue weighted by atomic mass is 9.91. The monoisotopic (exact) mass is 359 g/mol. The van der Waals surface area contributed by atoms with Crippen LogP contribution in [0.15, 0.2) is 54.6 Å². The molecule has 1 aliphatic rings. The van der Waals surface area contributed by atoms with Gasteiger partial charge in [0.05, 0.1) is 11.2 Å². The van der Waals surface area contributed by atoms with Gasteiger partial charge in [0.2, 0.25) is 0 Å². The Hall–Kier alpha value is -3.79. The standard InChI is InChI=1S/C20H17N5O2/c1-20(2)14-10-6-7-11-16(14)25-18(23-20)17(15(12-21)24-25)22-19(26)27-13-8-4-3-5-9-13/h3-11,23H,1-2H3,(H,22,26). The summed E-state index contributed by atoms with van der Waals surface area (Å²) in [5.74, 6) is 0.952. The van der Waals surface area contributed by atoms with Gasteiger partial charge in [0.25, 0.3) is 0 Å². The fourth-order valence-electron chi connectivity index (χ4n) is 3.18. The number of aromatic nitrogens is 2. The van der Waals surface area contributed by atoms with Gasteiger partial charge in [-0.1, -0.05) is 36.4 Å². The molecule has 0 fully saturated rings. The fraction of sp³-hybridized carbons (Fsp3) is 0.150. The van der Waals surface area contributed by atoms with Gasteiger partial charge in [0.15, 0.2) is 11.5 Å². The van der Waals surface area contributed by atoms with E-state index in [1.54, 1.807) is 28.9 Å². The van der Waals surface area contributed by atoms with E-state index in [1.807, 2.05) is 50.2 Å². The third-order valence-corrected chi connectivity index (χ3v) is 4.41. The number of para-hydroxylation sites is 2. The number of amides is 1. The zero-order chi connectivity index (χ0) is 19.0. The van der Waals surface area contributed by atoms with Crippen LogP contribution in [0.2, 0.25) is 0 Å². The Morgan fingerprint density at radius 3 is 2.63 bits per heavy atom. The molecule has 1 amide bonds. The number of hydrogen-bond acceptors (Lipinski definition) is 5. The number of carbonyl (C=O) groups is 1. The number of nitrogens with one attached hydrogen (secondary N) is 2. The van der Waals surface area contributed by atoms with Crippen LogP contribution in [0.4, 0.5) is 16.3 Å². The van der Waals surface area contributed by atoms with E-state index in [1.165, 1.54) is 0 Å². The summed E-state index contributed by atoms with van der Waals surface area (Å²) in [6, 6.07) is 18.6. The summed E-state index contributed by atoms with van der Waals surface area (Å²) >= 11 is 0. The molecule has 3 aromatic rings. The first-order valence-electron chi connectivity index (χ1n) is 8.44. The minimum absolute atomic E-state index is 0.106. The highest BCUT2D eigenvalue weighted by Gasteiger charge is 2.34. The fourth-order valence-corrected chi connectivity index (χ4v) is 3.18. The van der Waals surface area contributed by atoms with Gasteiger partial charge in [-0.05, 0) is 32.0 Å². The molecule has 7 nitrogen and oxygen atoms in total. The largest absolute Gasteiger partial charge is 0.417 e. The highest BCUT2D eigenvalue weighted by atomic mass is 16.6. The van der Waals surface area contributed by atoms with Crippen molar-refractivity contribution in [1.82, 2.24) is 9.78 Å². The Bertz CT molecular complexity index is 1060. The van der Waals surface area contributed by atoms with Crippen molar-refractivity contribution in [2.75, 3.05) is 10.6 Å². The molecule has 1 aliphatic heterocycles. The molecule has 0 bridgehead atoms. The minimum atomic E-state index is -0.688. The second-order valence-electron chi connectivity index (χ2n) is 6.69. The molecule has 4 rings (SSSR count). The summed E-state index contributed by atoms with van der Waals surface area (Å²) in [7, 11) is 0. The van der Waals surface area contributed by atoms with Crippen molar-refractivity contribution in [3.63, 3.8) is 0 Å². The van der Waals surface area contributed by atoms with E-state index >= 15 is 0 Å². The molecule has 2 N–H and O–H groups in total. The van der Waals surface area contributed by atoms with Crippen molar-refractivity contribution < 1.29 is 9.53 Å². The summed E-state index contributed by atoms with van der Waals surface area (Å²) in [4.78, 5) is 12.3. The van der Waals surface area contributed by atoms with E-state index < -0.39 is 11.6 Å². The molecular formula is C20H17N5O2. The topological polar surface area (TPSA) is 92.0 Å². The van der Waals surface area contributed by atoms with Gasteiger partial charge in [-0.2, -0.15) is 10.4 Å². The Balaban J connectivity index is 1.73. The molecule has 0 radical (unpaired) electrons. The Morgan fingerprint density at radius 2 is 1.89 bits per heavy atom. The summed E-state index contributed by atoms with van der Waals surface area (Å²) in [6.45, 7) is 4.06. The molecule has 0 saturated carbocycles. The molecule has 0 aliphatic carbocycles. The first-order chi connectivity index (χ1) is 13.0. The van der Waals surface area contributed by atoms with Crippen molar-refractivity contribution in [3.8, 4) is 17.5 Å². The second kappa shape index (κ2) is 6.18. The highest BCUT2D eigenvalue weighted by Crippen LogP contribution is 2.41. The number of rotatable bonds is 2. The molecule has 0 spiro atoms. The van der Waals surface area contributed by atoms with Crippen molar-refractivity contribution in [2.45, 2.75) is 19.4 Å². The van der Waals surface area contributed by atoms with Gasteiger partial charge in [-0.3, -0.25) is 5.32 Å². The van der Waals surface area contributed by atoms with E-state index in [4.69, 9.17) is 4.74 Å². The Labute approximate surface area is 156 Å². The number of hydrogen-bond donors (Lipinski definition) is 2. The summed E-state index contributed by atoms with van der Waals surface area (Å²) in [5.41, 5.74) is 1.90.